The Hall–Kier alpha value is -4.04. The standard InChI is InChI=1S/C33H21Cl3N2O5/c34-19-8-11-22(25(36)13-19)27(39)15-43-33(42)23-14-26(37-30-21(23)2-1-3-24(30)35)16-6-9-20(10-7-16)38-31(40)28-17-4-5-18(12-17)29(28)32(38)41/h1-11,13-14,17-18,28-29H,12,15H2. The molecular weight excluding hydrogens is 611 g/mol. The molecule has 1 saturated heterocycles. The normalized spacial score (nSPS) is 22.0. The van der Waals surface area contributed by atoms with Crippen LogP contribution in [0.5, 0.6) is 0 Å². The fourth-order valence-corrected chi connectivity index (χ4v) is 7.20. The first-order valence-corrected chi connectivity index (χ1v) is 14.8. The summed E-state index contributed by atoms with van der Waals surface area (Å²) in [5, 5.41) is 1.32. The van der Waals surface area contributed by atoms with Gasteiger partial charge in [-0.15, -0.1) is 0 Å². The minimum atomic E-state index is -0.742. The molecule has 2 fully saturated rings. The summed E-state index contributed by atoms with van der Waals surface area (Å²) < 4.78 is 5.40. The monoisotopic (exact) mass is 630 g/mol. The summed E-state index contributed by atoms with van der Waals surface area (Å²) in [6.45, 7) is -0.536. The van der Waals surface area contributed by atoms with Gasteiger partial charge in [-0.1, -0.05) is 71.2 Å². The molecule has 0 radical (unpaired) electrons. The number of pyridine rings is 1. The molecule has 4 aromatic rings. The zero-order chi connectivity index (χ0) is 30.0. The number of anilines is 1. The molecule has 2 bridgehead atoms. The van der Waals surface area contributed by atoms with Crippen LogP contribution in [0.2, 0.25) is 15.1 Å². The van der Waals surface area contributed by atoms with Gasteiger partial charge in [0.2, 0.25) is 17.6 Å². The Morgan fingerprint density at radius 2 is 1.53 bits per heavy atom. The second kappa shape index (κ2) is 10.6. The van der Waals surface area contributed by atoms with Crippen LogP contribution >= 0.6 is 34.8 Å². The van der Waals surface area contributed by atoms with E-state index in [0.29, 0.717) is 37.9 Å². The Morgan fingerprint density at radius 1 is 0.837 bits per heavy atom. The Bertz CT molecular complexity index is 1880. The van der Waals surface area contributed by atoms with E-state index < -0.39 is 18.4 Å². The van der Waals surface area contributed by atoms with Crippen molar-refractivity contribution in [3.63, 3.8) is 0 Å². The molecule has 214 valence electrons. The predicted octanol–water partition coefficient (Wildman–Crippen LogP) is 7.21. The van der Waals surface area contributed by atoms with Crippen LogP contribution in [0.1, 0.15) is 27.1 Å². The van der Waals surface area contributed by atoms with Gasteiger partial charge in [0.15, 0.2) is 6.61 Å². The molecule has 43 heavy (non-hydrogen) atoms. The zero-order valence-corrected chi connectivity index (χ0v) is 24.6. The molecule has 0 spiro atoms. The molecule has 2 heterocycles. The van der Waals surface area contributed by atoms with Crippen molar-refractivity contribution in [3.05, 3.63) is 105 Å². The highest BCUT2D eigenvalue weighted by molar-refractivity contribution is 6.37. The van der Waals surface area contributed by atoms with Crippen molar-refractivity contribution < 1.29 is 23.9 Å². The third-order valence-electron chi connectivity index (χ3n) is 8.47. The molecule has 2 aliphatic carbocycles. The SMILES string of the molecule is O=C(COC(=O)c1cc(-c2ccc(N3C(=O)C4C5C=CC(C5)C4C3=O)cc2)nc2c(Cl)cccc12)c1ccc(Cl)cc1Cl. The summed E-state index contributed by atoms with van der Waals surface area (Å²) in [4.78, 5) is 58.5. The van der Waals surface area contributed by atoms with Gasteiger partial charge in [-0.2, -0.15) is 0 Å². The van der Waals surface area contributed by atoms with Crippen molar-refractivity contribution >= 4 is 75.0 Å². The molecule has 1 aliphatic heterocycles. The summed E-state index contributed by atoms with van der Waals surface area (Å²) in [5.41, 5.74) is 2.27. The summed E-state index contributed by atoms with van der Waals surface area (Å²) in [7, 11) is 0. The van der Waals surface area contributed by atoms with Crippen molar-refractivity contribution in [2.45, 2.75) is 6.42 Å². The van der Waals surface area contributed by atoms with E-state index in [1.807, 2.05) is 0 Å². The number of benzene rings is 3. The van der Waals surface area contributed by atoms with Crippen molar-refractivity contribution in [2.75, 3.05) is 11.5 Å². The van der Waals surface area contributed by atoms with Crippen LogP contribution in [0, 0.1) is 23.7 Å². The van der Waals surface area contributed by atoms with Gasteiger partial charge in [0.05, 0.1) is 44.3 Å². The number of ketones is 1. The number of hydrogen-bond acceptors (Lipinski definition) is 6. The van der Waals surface area contributed by atoms with Crippen molar-refractivity contribution in [3.8, 4) is 11.3 Å². The number of imide groups is 1. The summed E-state index contributed by atoms with van der Waals surface area (Å²) in [6.07, 6.45) is 4.99. The zero-order valence-electron chi connectivity index (χ0n) is 22.3. The number of carbonyl (C=O) groups excluding carboxylic acids is 4. The van der Waals surface area contributed by atoms with Crippen LogP contribution in [0.25, 0.3) is 22.2 Å². The first-order valence-electron chi connectivity index (χ1n) is 13.6. The summed E-state index contributed by atoms with van der Waals surface area (Å²) in [5.74, 6) is -1.87. The summed E-state index contributed by atoms with van der Waals surface area (Å²) >= 11 is 18.5. The maximum Gasteiger partial charge on any atom is 0.339 e. The number of fused-ring (bicyclic) bond motifs is 6. The Labute approximate surface area is 261 Å². The lowest BCUT2D eigenvalue weighted by molar-refractivity contribution is -0.123. The van der Waals surface area contributed by atoms with Gasteiger partial charge < -0.3 is 4.74 Å². The van der Waals surface area contributed by atoms with Gasteiger partial charge in [0, 0.05) is 21.5 Å². The molecule has 4 unspecified atom stereocenters. The third kappa shape index (κ3) is 4.63. The minimum Gasteiger partial charge on any atom is -0.454 e. The molecule has 1 aromatic heterocycles. The second-order valence-electron chi connectivity index (χ2n) is 10.9. The number of aromatic nitrogens is 1. The molecule has 3 aromatic carbocycles. The van der Waals surface area contributed by atoms with Gasteiger partial charge in [0.25, 0.3) is 0 Å². The molecule has 7 rings (SSSR count). The van der Waals surface area contributed by atoms with Gasteiger partial charge >= 0.3 is 5.97 Å². The second-order valence-corrected chi connectivity index (χ2v) is 12.1. The number of Topliss-reactive ketones (excluding diaryl/α,β-unsaturated/α-hetero) is 1. The highest BCUT2D eigenvalue weighted by Crippen LogP contribution is 2.53. The smallest absolute Gasteiger partial charge is 0.339 e. The van der Waals surface area contributed by atoms with Crippen LogP contribution in [0.15, 0.2) is 78.9 Å². The van der Waals surface area contributed by atoms with Gasteiger partial charge in [0.1, 0.15) is 0 Å². The van der Waals surface area contributed by atoms with Crippen LogP contribution in [0.4, 0.5) is 5.69 Å². The molecule has 4 atom stereocenters. The largest absolute Gasteiger partial charge is 0.454 e. The average Bonchev–Trinajstić information content (AvgIpc) is 3.69. The first kappa shape index (κ1) is 27.8. The van der Waals surface area contributed by atoms with E-state index in [-0.39, 0.29) is 51.6 Å². The van der Waals surface area contributed by atoms with Crippen LogP contribution in [-0.4, -0.2) is 35.2 Å². The number of ether oxygens (including phenoxy) is 1. The molecular formula is C33H21Cl3N2O5. The number of rotatable bonds is 6. The first-order chi connectivity index (χ1) is 20.7. The number of esters is 1. The number of hydrogen-bond donors (Lipinski definition) is 0. The van der Waals surface area contributed by atoms with E-state index in [0.717, 1.165) is 6.42 Å². The Balaban J connectivity index is 1.17. The molecule has 7 nitrogen and oxygen atoms in total. The average molecular weight is 632 g/mol. The van der Waals surface area contributed by atoms with Crippen LogP contribution < -0.4 is 4.90 Å². The van der Waals surface area contributed by atoms with E-state index >= 15 is 0 Å². The quantitative estimate of drug-likeness (QED) is 0.0966. The van der Waals surface area contributed by atoms with Gasteiger partial charge in [-0.3, -0.25) is 19.3 Å². The maximum atomic E-state index is 13.3. The van der Waals surface area contributed by atoms with Crippen LogP contribution in [0.3, 0.4) is 0 Å². The molecule has 2 amide bonds. The lowest BCUT2D eigenvalue weighted by atomic mass is 9.85. The van der Waals surface area contributed by atoms with Gasteiger partial charge in [-0.05, 0) is 60.7 Å². The minimum absolute atomic E-state index is 0.124. The maximum absolute atomic E-state index is 13.3. The molecule has 0 N–H and O–H groups in total. The van der Waals surface area contributed by atoms with Gasteiger partial charge in [-0.25, -0.2) is 9.78 Å². The predicted molar refractivity (Wildman–Crippen MR) is 163 cm³/mol. The van der Waals surface area contributed by atoms with E-state index in [1.165, 1.54) is 23.1 Å². The third-order valence-corrected chi connectivity index (χ3v) is 9.32. The highest BCUT2D eigenvalue weighted by atomic mass is 35.5. The number of allylic oxidation sites excluding steroid dienone is 2. The Kier molecular flexibility index (Phi) is 6.84. The topological polar surface area (TPSA) is 93.6 Å². The number of para-hydroxylation sites is 1. The van der Waals surface area contributed by atoms with E-state index in [9.17, 15) is 19.2 Å². The fourth-order valence-electron chi connectivity index (χ4n) is 6.47. The molecule has 3 aliphatic rings. The lowest BCUT2D eigenvalue weighted by Crippen LogP contribution is -2.32. The van der Waals surface area contributed by atoms with E-state index in [4.69, 9.17) is 44.5 Å². The van der Waals surface area contributed by atoms with E-state index in [1.54, 1.807) is 48.5 Å². The Morgan fingerprint density at radius 3 is 2.21 bits per heavy atom. The van der Waals surface area contributed by atoms with Crippen molar-refractivity contribution in [2.24, 2.45) is 23.7 Å². The molecule has 10 heteroatoms. The van der Waals surface area contributed by atoms with Crippen molar-refractivity contribution in [1.29, 1.82) is 0 Å². The number of carbonyl (C=O) groups is 4. The summed E-state index contributed by atoms with van der Waals surface area (Å²) in [6, 6.07) is 17.9. The number of amides is 2. The lowest BCUT2D eigenvalue weighted by Gasteiger charge is -2.18. The molecule has 1 saturated carbocycles. The number of nitrogens with zero attached hydrogens (tertiary/aromatic N) is 2. The highest BCUT2D eigenvalue weighted by Gasteiger charge is 2.59. The number of halogens is 3. The fraction of sp³-hybridized carbons (Fsp3) is 0.182. The van der Waals surface area contributed by atoms with E-state index in [2.05, 4.69) is 12.2 Å². The van der Waals surface area contributed by atoms with Crippen molar-refractivity contribution in [1.82, 2.24) is 4.98 Å². The van der Waals surface area contributed by atoms with Crippen LogP contribution in [-0.2, 0) is 14.3 Å².